The molecule has 3 nitrogen and oxygen atoms in total. The molecule has 0 aromatic heterocycles. The van der Waals surface area contributed by atoms with Gasteiger partial charge in [0.2, 0.25) is 0 Å². The van der Waals surface area contributed by atoms with Crippen LogP contribution < -0.4 is 0 Å². The van der Waals surface area contributed by atoms with E-state index in [0.717, 1.165) is 31.3 Å². The number of aliphatic hydroxyl groups is 3. The molecule has 2 rings (SSSR count). The summed E-state index contributed by atoms with van der Waals surface area (Å²) < 4.78 is 0. The van der Waals surface area contributed by atoms with Crippen molar-refractivity contribution >= 4 is 0 Å². The lowest BCUT2D eigenvalue weighted by Crippen LogP contribution is -2.57. The zero-order chi connectivity index (χ0) is 13.7. The SMILES string of the molecule is C=C1CCC(O)C2(C)CCC(C(C)(C)O)C(O)C12. The molecule has 3 heteroatoms. The lowest BCUT2D eigenvalue weighted by atomic mass is 9.53. The van der Waals surface area contributed by atoms with Crippen LogP contribution in [0, 0.1) is 17.3 Å². The van der Waals surface area contributed by atoms with Crippen LogP contribution in [0.3, 0.4) is 0 Å². The average Bonchev–Trinajstić information content (AvgIpc) is 2.22. The van der Waals surface area contributed by atoms with Gasteiger partial charge in [0.25, 0.3) is 0 Å². The molecule has 0 aromatic rings. The molecule has 0 spiro atoms. The van der Waals surface area contributed by atoms with Gasteiger partial charge in [-0.15, -0.1) is 0 Å². The predicted molar refractivity (Wildman–Crippen MR) is 71.0 cm³/mol. The van der Waals surface area contributed by atoms with Gasteiger partial charge in [-0.1, -0.05) is 19.1 Å². The molecule has 0 aliphatic heterocycles. The molecular weight excluding hydrogens is 228 g/mol. The largest absolute Gasteiger partial charge is 0.393 e. The molecule has 104 valence electrons. The standard InChI is InChI=1S/C15H26O3/c1-9-5-6-11(16)15(4)8-7-10(14(2,3)18)13(17)12(9)15/h10-13,16-18H,1,5-8H2,2-4H3. The molecule has 0 bridgehead atoms. The number of fused-ring (bicyclic) bond motifs is 1. The van der Waals surface area contributed by atoms with Crippen LogP contribution >= 0.6 is 0 Å². The molecule has 5 unspecified atom stereocenters. The summed E-state index contributed by atoms with van der Waals surface area (Å²) >= 11 is 0. The molecule has 2 saturated carbocycles. The highest BCUT2D eigenvalue weighted by molar-refractivity contribution is 5.18. The summed E-state index contributed by atoms with van der Waals surface area (Å²) in [5.41, 5.74) is -0.135. The van der Waals surface area contributed by atoms with Gasteiger partial charge < -0.3 is 15.3 Å². The van der Waals surface area contributed by atoms with Gasteiger partial charge in [-0.05, 0) is 39.5 Å². The molecule has 2 aliphatic rings. The Hall–Kier alpha value is -0.380. The van der Waals surface area contributed by atoms with Crippen molar-refractivity contribution in [3.05, 3.63) is 12.2 Å². The maximum Gasteiger partial charge on any atom is 0.0666 e. The van der Waals surface area contributed by atoms with Crippen LogP contribution in [0.1, 0.15) is 46.5 Å². The van der Waals surface area contributed by atoms with Crippen molar-refractivity contribution in [1.29, 1.82) is 0 Å². The van der Waals surface area contributed by atoms with Crippen molar-refractivity contribution in [2.75, 3.05) is 0 Å². The van der Waals surface area contributed by atoms with Gasteiger partial charge in [0.05, 0.1) is 17.8 Å². The summed E-state index contributed by atoms with van der Waals surface area (Å²) in [4.78, 5) is 0. The van der Waals surface area contributed by atoms with E-state index in [0.29, 0.717) is 0 Å². The zero-order valence-electron chi connectivity index (χ0n) is 11.7. The van der Waals surface area contributed by atoms with E-state index in [2.05, 4.69) is 13.5 Å². The average molecular weight is 254 g/mol. The van der Waals surface area contributed by atoms with Gasteiger partial charge in [-0.25, -0.2) is 0 Å². The van der Waals surface area contributed by atoms with Gasteiger partial charge in [-0.3, -0.25) is 0 Å². The Balaban J connectivity index is 2.32. The molecule has 2 fully saturated rings. The van der Waals surface area contributed by atoms with Crippen LogP contribution in [0.5, 0.6) is 0 Å². The Morgan fingerprint density at radius 2 is 1.89 bits per heavy atom. The monoisotopic (exact) mass is 254 g/mol. The van der Waals surface area contributed by atoms with Crippen LogP contribution in [0.4, 0.5) is 0 Å². The second-order valence-corrected chi connectivity index (χ2v) is 6.99. The Morgan fingerprint density at radius 3 is 2.44 bits per heavy atom. The second kappa shape index (κ2) is 4.32. The van der Waals surface area contributed by atoms with Gasteiger partial charge in [0.1, 0.15) is 0 Å². The van der Waals surface area contributed by atoms with E-state index in [-0.39, 0.29) is 23.4 Å². The number of rotatable bonds is 1. The number of aliphatic hydroxyl groups excluding tert-OH is 2. The van der Waals surface area contributed by atoms with Gasteiger partial charge in [0, 0.05) is 17.3 Å². The van der Waals surface area contributed by atoms with E-state index in [1.54, 1.807) is 13.8 Å². The lowest BCUT2D eigenvalue weighted by Gasteiger charge is -2.55. The first-order valence-electron chi connectivity index (χ1n) is 6.94. The van der Waals surface area contributed by atoms with Gasteiger partial charge >= 0.3 is 0 Å². The van der Waals surface area contributed by atoms with Crippen LogP contribution in [-0.4, -0.2) is 33.1 Å². The first-order valence-corrected chi connectivity index (χ1v) is 6.94. The highest BCUT2D eigenvalue weighted by Gasteiger charge is 2.54. The Labute approximate surface area is 110 Å². The fraction of sp³-hybridized carbons (Fsp3) is 0.867. The quantitative estimate of drug-likeness (QED) is 0.626. The molecule has 2 aliphatic carbocycles. The third kappa shape index (κ3) is 2.02. The normalized spacial score (nSPS) is 45.8. The van der Waals surface area contributed by atoms with Crippen molar-refractivity contribution in [2.45, 2.75) is 64.3 Å². The first kappa shape index (κ1) is 14.0. The zero-order valence-corrected chi connectivity index (χ0v) is 11.7. The minimum atomic E-state index is -0.885. The fourth-order valence-electron chi connectivity index (χ4n) is 4.08. The van der Waals surface area contributed by atoms with E-state index in [9.17, 15) is 15.3 Å². The van der Waals surface area contributed by atoms with Crippen molar-refractivity contribution in [3.8, 4) is 0 Å². The van der Waals surface area contributed by atoms with Crippen LogP contribution in [0.15, 0.2) is 12.2 Å². The van der Waals surface area contributed by atoms with Gasteiger partial charge in [0.15, 0.2) is 0 Å². The molecular formula is C15H26O3. The van der Waals surface area contributed by atoms with Gasteiger partial charge in [-0.2, -0.15) is 0 Å². The molecule has 5 atom stereocenters. The third-order valence-corrected chi connectivity index (χ3v) is 5.31. The van der Waals surface area contributed by atoms with E-state index in [4.69, 9.17) is 0 Å². The predicted octanol–water partition coefficient (Wildman–Crippen LogP) is 1.86. The highest BCUT2D eigenvalue weighted by Crippen LogP contribution is 2.54. The Bertz CT molecular complexity index is 344. The molecule has 0 saturated heterocycles. The molecule has 0 amide bonds. The van der Waals surface area contributed by atoms with Crippen molar-refractivity contribution < 1.29 is 15.3 Å². The molecule has 3 N–H and O–H groups in total. The van der Waals surface area contributed by atoms with Crippen molar-refractivity contribution in [1.82, 2.24) is 0 Å². The number of hydrogen-bond acceptors (Lipinski definition) is 3. The lowest BCUT2D eigenvalue weighted by molar-refractivity contribution is -0.152. The minimum Gasteiger partial charge on any atom is -0.393 e. The van der Waals surface area contributed by atoms with Crippen molar-refractivity contribution in [3.63, 3.8) is 0 Å². The summed E-state index contributed by atoms with van der Waals surface area (Å²) in [5.74, 6) is -0.232. The minimum absolute atomic E-state index is 0.0913. The topological polar surface area (TPSA) is 60.7 Å². The van der Waals surface area contributed by atoms with E-state index in [1.165, 1.54) is 0 Å². The number of hydrogen-bond donors (Lipinski definition) is 3. The maximum atomic E-state index is 10.6. The summed E-state index contributed by atoms with van der Waals surface area (Å²) in [7, 11) is 0. The molecule has 0 heterocycles. The maximum absolute atomic E-state index is 10.6. The summed E-state index contributed by atoms with van der Waals surface area (Å²) in [6, 6.07) is 0. The molecule has 0 aromatic carbocycles. The smallest absolute Gasteiger partial charge is 0.0666 e. The van der Waals surface area contributed by atoms with Crippen LogP contribution in [-0.2, 0) is 0 Å². The van der Waals surface area contributed by atoms with E-state index in [1.807, 2.05) is 0 Å². The van der Waals surface area contributed by atoms with Crippen LogP contribution in [0.25, 0.3) is 0 Å². The van der Waals surface area contributed by atoms with Crippen LogP contribution in [0.2, 0.25) is 0 Å². The summed E-state index contributed by atoms with van der Waals surface area (Å²) in [5, 5.41) is 31.1. The Kier molecular flexibility index (Phi) is 3.37. The highest BCUT2D eigenvalue weighted by atomic mass is 16.3. The Morgan fingerprint density at radius 1 is 1.28 bits per heavy atom. The van der Waals surface area contributed by atoms with E-state index >= 15 is 0 Å². The summed E-state index contributed by atoms with van der Waals surface area (Å²) in [6.07, 6.45) is 2.13. The molecule has 18 heavy (non-hydrogen) atoms. The van der Waals surface area contributed by atoms with Crippen molar-refractivity contribution in [2.24, 2.45) is 17.3 Å². The molecule has 0 radical (unpaired) electrons. The fourth-order valence-corrected chi connectivity index (χ4v) is 4.08. The first-order chi connectivity index (χ1) is 8.18. The third-order valence-electron chi connectivity index (χ3n) is 5.31. The summed E-state index contributed by atoms with van der Waals surface area (Å²) in [6.45, 7) is 9.66. The van der Waals surface area contributed by atoms with E-state index < -0.39 is 11.7 Å². The second-order valence-electron chi connectivity index (χ2n) is 6.99.